The third-order valence-electron chi connectivity index (χ3n) is 4.09. The number of benzene rings is 3. The van der Waals surface area contributed by atoms with E-state index in [2.05, 4.69) is 10.5 Å². The Bertz CT molecular complexity index is 1060. The predicted molar refractivity (Wildman–Crippen MR) is 116 cm³/mol. The highest BCUT2D eigenvalue weighted by molar-refractivity contribution is 5.82. The quantitative estimate of drug-likeness (QED) is 0.343. The highest BCUT2D eigenvalue weighted by atomic mass is 16.6. The number of carbonyl (C=O) groups excluding carboxylic acids is 1. The second-order valence-electron chi connectivity index (χ2n) is 6.17. The van der Waals surface area contributed by atoms with Gasteiger partial charge in [-0.2, -0.15) is 5.10 Å². The maximum Gasteiger partial charge on any atom is 0.277 e. The number of nitro groups is 1. The van der Waals surface area contributed by atoms with Crippen LogP contribution in [0.15, 0.2) is 90.0 Å². The molecule has 0 heterocycles. The number of para-hydroxylation sites is 1. The zero-order chi connectivity index (χ0) is 21.2. The first-order valence-electron chi connectivity index (χ1n) is 9.14. The van der Waals surface area contributed by atoms with Crippen LogP contribution in [0.3, 0.4) is 0 Å². The Morgan fingerprint density at radius 3 is 2.37 bits per heavy atom. The molecule has 0 unspecified atom stereocenters. The van der Waals surface area contributed by atoms with Crippen molar-refractivity contribution in [3.8, 4) is 16.9 Å². The van der Waals surface area contributed by atoms with Gasteiger partial charge in [-0.1, -0.05) is 54.6 Å². The number of rotatable bonds is 8. The zero-order valence-electron chi connectivity index (χ0n) is 16.0. The summed E-state index contributed by atoms with van der Waals surface area (Å²) < 4.78 is 5.45. The standard InChI is InChI=1S/C23H19N3O4/c27-23(25-24-16-6-10-20-9-4-5-11-22(20)26(28)29)17-30-21-14-12-19(13-15-21)18-7-2-1-3-8-18/h1-16H,17H2,(H,25,27). The number of ether oxygens (including phenoxy) is 1. The number of amides is 1. The molecule has 0 aliphatic carbocycles. The van der Waals surface area contributed by atoms with Gasteiger partial charge < -0.3 is 4.74 Å². The van der Waals surface area contributed by atoms with Crippen LogP contribution in [0.4, 0.5) is 5.69 Å². The number of hydrogen-bond acceptors (Lipinski definition) is 5. The van der Waals surface area contributed by atoms with Gasteiger partial charge in [0.05, 0.1) is 10.5 Å². The molecule has 0 aliphatic heterocycles. The number of hydrazone groups is 1. The summed E-state index contributed by atoms with van der Waals surface area (Å²) in [6.45, 7) is -0.185. The van der Waals surface area contributed by atoms with Crippen molar-refractivity contribution in [1.82, 2.24) is 5.43 Å². The maximum atomic E-state index is 11.8. The first-order valence-corrected chi connectivity index (χ1v) is 9.14. The van der Waals surface area contributed by atoms with Gasteiger partial charge in [0.15, 0.2) is 6.61 Å². The number of nitro benzene ring substituents is 1. The number of allylic oxidation sites excluding steroid dienone is 1. The van der Waals surface area contributed by atoms with Crippen LogP contribution < -0.4 is 10.2 Å². The molecule has 7 heteroatoms. The Hall–Kier alpha value is -4.26. The molecule has 3 rings (SSSR count). The molecule has 0 fully saturated rings. The van der Waals surface area contributed by atoms with Crippen LogP contribution in [0.1, 0.15) is 5.56 Å². The minimum atomic E-state index is -0.456. The number of carbonyl (C=O) groups is 1. The Labute approximate surface area is 173 Å². The largest absolute Gasteiger partial charge is 0.484 e. The summed E-state index contributed by atoms with van der Waals surface area (Å²) in [5.74, 6) is 0.155. The lowest BCUT2D eigenvalue weighted by Gasteiger charge is -2.06. The van der Waals surface area contributed by atoms with Gasteiger partial charge in [-0.3, -0.25) is 14.9 Å². The average Bonchev–Trinajstić information content (AvgIpc) is 2.78. The van der Waals surface area contributed by atoms with E-state index < -0.39 is 10.8 Å². The van der Waals surface area contributed by atoms with Gasteiger partial charge >= 0.3 is 0 Å². The lowest BCUT2D eigenvalue weighted by atomic mass is 10.1. The molecule has 7 nitrogen and oxygen atoms in total. The van der Waals surface area contributed by atoms with Crippen LogP contribution in [-0.2, 0) is 4.79 Å². The molecular weight excluding hydrogens is 382 g/mol. The van der Waals surface area contributed by atoms with Crippen LogP contribution in [0.25, 0.3) is 17.2 Å². The van der Waals surface area contributed by atoms with Gasteiger partial charge in [0.2, 0.25) is 0 Å². The first kappa shape index (κ1) is 20.5. The fourth-order valence-corrected chi connectivity index (χ4v) is 2.65. The number of nitrogens with zero attached hydrogens (tertiary/aromatic N) is 2. The van der Waals surface area contributed by atoms with Crippen molar-refractivity contribution in [2.75, 3.05) is 6.61 Å². The van der Waals surface area contributed by atoms with E-state index in [9.17, 15) is 14.9 Å². The van der Waals surface area contributed by atoms with Gasteiger partial charge in [0.1, 0.15) is 5.75 Å². The monoisotopic (exact) mass is 401 g/mol. The molecule has 150 valence electrons. The van der Waals surface area contributed by atoms with Crippen LogP contribution in [0.5, 0.6) is 5.75 Å². The van der Waals surface area contributed by atoms with Crippen LogP contribution in [-0.4, -0.2) is 23.7 Å². The van der Waals surface area contributed by atoms with Crippen molar-refractivity contribution in [1.29, 1.82) is 0 Å². The van der Waals surface area contributed by atoms with Gasteiger partial charge in [-0.25, -0.2) is 5.43 Å². The van der Waals surface area contributed by atoms with E-state index in [-0.39, 0.29) is 12.3 Å². The Kier molecular flexibility index (Phi) is 7.05. The molecule has 3 aromatic rings. The molecule has 0 radical (unpaired) electrons. The summed E-state index contributed by atoms with van der Waals surface area (Å²) >= 11 is 0. The second-order valence-corrected chi connectivity index (χ2v) is 6.17. The molecule has 0 saturated carbocycles. The fourth-order valence-electron chi connectivity index (χ4n) is 2.65. The Morgan fingerprint density at radius 2 is 1.63 bits per heavy atom. The first-order chi connectivity index (χ1) is 14.6. The van der Waals surface area contributed by atoms with E-state index in [0.29, 0.717) is 11.3 Å². The highest BCUT2D eigenvalue weighted by Gasteiger charge is 2.08. The topological polar surface area (TPSA) is 93.8 Å². The molecule has 0 aliphatic rings. The summed E-state index contributed by atoms with van der Waals surface area (Å²) in [5.41, 5.74) is 4.94. The van der Waals surface area contributed by atoms with Crippen molar-refractivity contribution in [3.05, 3.63) is 101 Å². The molecule has 1 N–H and O–H groups in total. The fraction of sp³-hybridized carbons (Fsp3) is 0.0435. The molecular formula is C23H19N3O4. The Balaban J connectivity index is 1.45. The predicted octanol–water partition coefficient (Wildman–Crippen LogP) is 4.46. The van der Waals surface area contributed by atoms with E-state index in [4.69, 9.17) is 4.74 Å². The molecule has 3 aromatic carbocycles. The third-order valence-corrected chi connectivity index (χ3v) is 4.09. The molecule has 0 saturated heterocycles. The minimum absolute atomic E-state index is 0.00197. The van der Waals surface area contributed by atoms with E-state index in [1.807, 2.05) is 42.5 Å². The molecule has 0 atom stereocenters. The van der Waals surface area contributed by atoms with Crippen molar-refractivity contribution in [2.45, 2.75) is 0 Å². The number of nitrogens with one attached hydrogen (secondary N) is 1. The normalized spacial score (nSPS) is 10.9. The van der Waals surface area contributed by atoms with Crippen molar-refractivity contribution < 1.29 is 14.5 Å². The lowest BCUT2D eigenvalue weighted by molar-refractivity contribution is -0.385. The molecule has 1 amide bonds. The summed E-state index contributed by atoms with van der Waals surface area (Å²) in [6, 6.07) is 23.7. The van der Waals surface area contributed by atoms with Crippen LogP contribution in [0.2, 0.25) is 0 Å². The number of hydrogen-bond donors (Lipinski definition) is 1. The second kappa shape index (κ2) is 10.3. The van der Waals surface area contributed by atoms with Gasteiger partial charge in [-0.05, 0) is 41.5 Å². The van der Waals surface area contributed by atoms with E-state index >= 15 is 0 Å². The van der Waals surface area contributed by atoms with Crippen molar-refractivity contribution in [3.63, 3.8) is 0 Å². The van der Waals surface area contributed by atoms with Gasteiger partial charge in [-0.15, -0.1) is 0 Å². The third kappa shape index (κ3) is 5.87. The maximum absolute atomic E-state index is 11.8. The van der Waals surface area contributed by atoms with Crippen molar-refractivity contribution in [2.24, 2.45) is 5.10 Å². The van der Waals surface area contributed by atoms with Crippen molar-refractivity contribution >= 4 is 23.9 Å². The summed E-state index contributed by atoms with van der Waals surface area (Å²) in [4.78, 5) is 22.3. The SMILES string of the molecule is O=C(COc1ccc(-c2ccccc2)cc1)NN=CC=Cc1ccccc1[N+](=O)[O-]. The average molecular weight is 401 g/mol. The van der Waals surface area contributed by atoms with E-state index in [1.54, 1.807) is 36.4 Å². The van der Waals surface area contributed by atoms with E-state index in [0.717, 1.165) is 11.1 Å². The lowest BCUT2D eigenvalue weighted by Crippen LogP contribution is -2.24. The summed E-state index contributed by atoms with van der Waals surface area (Å²) in [6.07, 6.45) is 4.38. The Morgan fingerprint density at radius 1 is 0.967 bits per heavy atom. The van der Waals surface area contributed by atoms with Gasteiger partial charge in [0.25, 0.3) is 11.6 Å². The van der Waals surface area contributed by atoms with Crippen LogP contribution >= 0.6 is 0 Å². The molecule has 0 spiro atoms. The molecule has 0 aromatic heterocycles. The summed E-state index contributed by atoms with van der Waals surface area (Å²) in [5, 5.41) is 14.7. The van der Waals surface area contributed by atoms with E-state index in [1.165, 1.54) is 18.4 Å². The van der Waals surface area contributed by atoms with Gasteiger partial charge in [0, 0.05) is 12.3 Å². The molecule has 30 heavy (non-hydrogen) atoms. The minimum Gasteiger partial charge on any atom is -0.484 e. The highest BCUT2D eigenvalue weighted by Crippen LogP contribution is 2.22. The zero-order valence-corrected chi connectivity index (χ0v) is 16.0. The molecule has 0 bridgehead atoms. The smallest absolute Gasteiger partial charge is 0.277 e. The van der Waals surface area contributed by atoms with Crippen LogP contribution in [0, 0.1) is 10.1 Å². The summed E-state index contributed by atoms with van der Waals surface area (Å²) in [7, 11) is 0.